The fraction of sp³-hybridized carbons (Fsp3) is 0.333. The van der Waals surface area contributed by atoms with Crippen molar-refractivity contribution >= 4 is 15.9 Å². The zero-order valence-electron chi connectivity index (χ0n) is 13.3. The SMILES string of the molecule is Cc1nn(C)c(C)c1S(=O)(=O)N[C@H](Cc1ccccc1)C(N)=O. The number of nitrogens with one attached hydrogen (secondary N) is 1. The van der Waals surface area contributed by atoms with Crippen LogP contribution in [0.15, 0.2) is 35.2 Å². The Labute approximate surface area is 135 Å². The lowest BCUT2D eigenvalue weighted by Gasteiger charge is -2.16. The van der Waals surface area contributed by atoms with Crippen molar-refractivity contribution in [1.29, 1.82) is 0 Å². The molecule has 0 saturated carbocycles. The van der Waals surface area contributed by atoms with Gasteiger partial charge in [0.25, 0.3) is 0 Å². The molecule has 23 heavy (non-hydrogen) atoms. The molecule has 7 nitrogen and oxygen atoms in total. The number of hydrogen-bond acceptors (Lipinski definition) is 4. The normalized spacial score (nSPS) is 13.0. The van der Waals surface area contributed by atoms with E-state index < -0.39 is 22.0 Å². The van der Waals surface area contributed by atoms with Crippen molar-refractivity contribution in [2.75, 3.05) is 0 Å². The number of carbonyl (C=O) groups is 1. The molecule has 0 aliphatic heterocycles. The highest BCUT2D eigenvalue weighted by Crippen LogP contribution is 2.19. The molecule has 0 bridgehead atoms. The van der Waals surface area contributed by atoms with E-state index in [2.05, 4.69) is 9.82 Å². The highest BCUT2D eigenvalue weighted by atomic mass is 32.2. The van der Waals surface area contributed by atoms with E-state index in [9.17, 15) is 13.2 Å². The van der Waals surface area contributed by atoms with Gasteiger partial charge in [0.1, 0.15) is 10.9 Å². The van der Waals surface area contributed by atoms with Gasteiger partial charge in [-0.1, -0.05) is 30.3 Å². The molecule has 0 fully saturated rings. The largest absolute Gasteiger partial charge is 0.368 e. The third kappa shape index (κ3) is 3.77. The van der Waals surface area contributed by atoms with Crippen LogP contribution in [0, 0.1) is 13.8 Å². The van der Waals surface area contributed by atoms with Crippen LogP contribution in [0.2, 0.25) is 0 Å². The first-order valence-electron chi connectivity index (χ1n) is 7.08. The minimum Gasteiger partial charge on any atom is -0.368 e. The fourth-order valence-corrected chi connectivity index (χ4v) is 4.08. The number of nitrogens with zero attached hydrogens (tertiary/aromatic N) is 2. The number of nitrogens with two attached hydrogens (primary N) is 1. The Kier molecular flexibility index (Phi) is 4.86. The molecule has 0 spiro atoms. The van der Waals surface area contributed by atoms with Gasteiger partial charge in [0.15, 0.2) is 0 Å². The van der Waals surface area contributed by atoms with Gasteiger partial charge in [-0.3, -0.25) is 9.48 Å². The molecule has 0 aliphatic rings. The monoisotopic (exact) mass is 336 g/mol. The van der Waals surface area contributed by atoms with Crippen LogP contribution in [-0.2, 0) is 28.3 Å². The van der Waals surface area contributed by atoms with Gasteiger partial charge in [0.2, 0.25) is 15.9 Å². The predicted octanol–water partition coefficient (Wildman–Crippen LogP) is 0.412. The van der Waals surface area contributed by atoms with Crippen LogP contribution in [0.1, 0.15) is 17.0 Å². The van der Waals surface area contributed by atoms with Gasteiger partial charge < -0.3 is 5.73 Å². The van der Waals surface area contributed by atoms with Gasteiger partial charge in [0.05, 0.1) is 11.4 Å². The maximum Gasteiger partial charge on any atom is 0.244 e. The van der Waals surface area contributed by atoms with E-state index in [1.807, 2.05) is 30.3 Å². The van der Waals surface area contributed by atoms with Gasteiger partial charge in [-0.2, -0.15) is 9.82 Å². The number of aryl methyl sites for hydroxylation is 2. The molecule has 1 atom stereocenters. The molecule has 2 aromatic rings. The van der Waals surface area contributed by atoms with Crippen LogP contribution >= 0.6 is 0 Å². The summed E-state index contributed by atoms with van der Waals surface area (Å²) in [6.07, 6.45) is 0.188. The zero-order chi connectivity index (χ0) is 17.2. The molecule has 1 aromatic heterocycles. The molecule has 0 saturated heterocycles. The number of benzene rings is 1. The van der Waals surface area contributed by atoms with Gasteiger partial charge in [-0.15, -0.1) is 0 Å². The van der Waals surface area contributed by atoms with E-state index in [1.165, 1.54) is 4.68 Å². The summed E-state index contributed by atoms with van der Waals surface area (Å²) >= 11 is 0. The van der Waals surface area contributed by atoms with Crippen molar-refractivity contribution in [1.82, 2.24) is 14.5 Å². The van der Waals surface area contributed by atoms with Crippen molar-refractivity contribution in [3.8, 4) is 0 Å². The Hall–Kier alpha value is -2.19. The highest BCUT2D eigenvalue weighted by molar-refractivity contribution is 7.89. The van der Waals surface area contributed by atoms with Gasteiger partial charge in [-0.25, -0.2) is 8.42 Å². The molecule has 1 aromatic carbocycles. The summed E-state index contributed by atoms with van der Waals surface area (Å²) in [5.74, 6) is -0.725. The van der Waals surface area contributed by atoms with Crippen LogP contribution in [0.25, 0.3) is 0 Å². The number of hydrogen-bond donors (Lipinski definition) is 2. The minimum absolute atomic E-state index is 0.0827. The summed E-state index contributed by atoms with van der Waals surface area (Å²) in [6.45, 7) is 3.27. The van der Waals surface area contributed by atoms with Crippen molar-refractivity contribution in [2.24, 2.45) is 12.8 Å². The Morgan fingerprint density at radius 2 is 1.91 bits per heavy atom. The van der Waals surface area contributed by atoms with Crippen molar-refractivity contribution in [3.63, 3.8) is 0 Å². The van der Waals surface area contributed by atoms with Gasteiger partial charge in [0, 0.05) is 7.05 Å². The number of carbonyl (C=O) groups excluding carboxylic acids is 1. The van der Waals surface area contributed by atoms with Crippen LogP contribution < -0.4 is 10.5 Å². The Morgan fingerprint density at radius 1 is 1.30 bits per heavy atom. The minimum atomic E-state index is -3.90. The third-order valence-corrected chi connectivity index (χ3v) is 5.36. The van der Waals surface area contributed by atoms with E-state index >= 15 is 0 Å². The molecular weight excluding hydrogens is 316 g/mol. The number of amides is 1. The molecule has 3 N–H and O–H groups in total. The fourth-order valence-electron chi connectivity index (χ4n) is 2.44. The van der Waals surface area contributed by atoms with Crippen LogP contribution in [-0.4, -0.2) is 30.1 Å². The van der Waals surface area contributed by atoms with Crippen molar-refractivity contribution in [2.45, 2.75) is 31.2 Å². The summed E-state index contributed by atoms with van der Waals surface area (Å²) in [7, 11) is -2.24. The molecular formula is C15H20N4O3S. The molecule has 0 radical (unpaired) electrons. The second kappa shape index (κ2) is 6.51. The standard InChI is InChI=1S/C15H20N4O3S/c1-10-14(11(2)19(3)17-10)23(21,22)18-13(15(16)20)9-12-7-5-4-6-8-12/h4-8,13,18H,9H2,1-3H3,(H2,16,20)/t13-/m1/s1. The summed E-state index contributed by atoms with van der Waals surface area (Å²) in [5.41, 5.74) is 7.06. The predicted molar refractivity (Wildman–Crippen MR) is 86.1 cm³/mol. The van der Waals surface area contributed by atoms with E-state index in [4.69, 9.17) is 5.73 Å². The maximum atomic E-state index is 12.6. The van der Waals surface area contributed by atoms with E-state index in [0.717, 1.165) is 5.56 Å². The Morgan fingerprint density at radius 3 is 2.39 bits per heavy atom. The Bertz CT molecular complexity index is 813. The second-order valence-corrected chi connectivity index (χ2v) is 7.04. The molecule has 2 rings (SSSR count). The summed E-state index contributed by atoms with van der Waals surface area (Å²) in [4.78, 5) is 11.7. The van der Waals surface area contributed by atoms with E-state index in [-0.39, 0.29) is 11.3 Å². The van der Waals surface area contributed by atoms with E-state index in [0.29, 0.717) is 11.4 Å². The molecule has 0 aliphatic carbocycles. The topological polar surface area (TPSA) is 107 Å². The Balaban J connectivity index is 2.30. The number of sulfonamides is 1. The molecule has 0 unspecified atom stereocenters. The first-order valence-corrected chi connectivity index (χ1v) is 8.56. The second-order valence-electron chi connectivity index (χ2n) is 5.39. The zero-order valence-corrected chi connectivity index (χ0v) is 14.1. The smallest absolute Gasteiger partial charge is 0.244 e. The van der Waals surface area contributed by atoms with Crippen LogP contribution in [0.3, 0.4) is 0 Å². The molecule has 1 heterocycles. The molecule has 8 heteroatoms. The number of aromatic nitrogens is 2. The van der Waals surface area contributed by atoms with Crippen LogP contribution in [0.5, 0.6) is 0 Å². The molecule has 124 valence electrons. The lowest BCUT2D eigenvalue weighted by molar-refractivity contribution is -0.119. The summed E-state index contributed by atoms with van der Waals surface area (Å²) in [6, 6.07) is 8.07. The summed E-state index contributed by atoms with van der Waals surface area (Å²) < 4.78 is 29.1. The first kappa shape index (κ1) is 17.2. The van der Waals surface area contributed by atoms with Gasteiger partial charge in [-0.05, 0) is 25.8 Å². The average molecular weight is 336 g/mol. The van der Waals surface area contributed by atoms with Gasteiger partial charge >= 0.3 is 0 Å². The third-order valence-electron chi connectivity index (χ3n) is 3.63. The molecule has 1 amide bonds. The lowest BCUT2D eigenvalue weighted by atomic mass is 10.1. The van der Waals surface area contributed by atoms with E-state index in [1.54, 1.807) is 20.9 Å². The van der Waals surface area contributed by atoms with Crippen molar-refractivity contribution < 1.29 is 13.2 Å². The number of primary amides is 1. The average Bonchev–Trinajstić information content (AvgIpc) is 2.72. The summed E-state index contributed by atoms with van der Waals surface area (Å²) in [5, 5.41) is 4.09. The number of rotatable bonds is 6. The van der Waals surface area contributed by atoms with Crippen LogP contribution in [0.4, 0.5) is 0 Å². The maximum absolute atomic E-state index is 12.6. The van der Waals surface area contributed by atoms with Crippen molar-refractivity contribution in [3.05, 3.63) is 47.3 Å². The first-order chi connectivity index (χ1) is 10.7. The highest BCUT2D eigenvalue weighted by Gasteiger charge is 2.29. The lowest BCUT2D eigenvalue weighted by Crippen LogP contribution is -2.46. The quantitative estimate of drug-likeness (QED) is 0.796.